The molecule has 122 valence electrons. The molecule has 1 aliphatic rings. The number of nitrogens with one attached hydrogen (secondary N) is 3. The van der Waals surface area contributed by atoms with E-state index in [1.54, 1.807) is 18.2 Å². The minimum Gasteiger partial charge on any atom is -0.453 e. The third-order valence-corrected chi connectivity index (χ3v) is 3.66. The van der Waals surface area contributed by atoms with Crippen LogP contribution in [0.4, 0.5) is 10.7 Å². The molecule has 2 heterocycles. The molecule has 0 bridgehead atoms. The van der Waals surface area contributed by atoms with Gasteiger partial charge < -0.3 is 19.8 Å². The highest BCUT2D eigenvalue weighted by Gasteiger charge is 2.17. The van der Waals surface area contributed by atoms with Gasteiger partial charge in [0.15, 0.2) is 0 Å². The lowest BCUT2D eigenvalue weighted by molar-refractivity contribution is 0.0858. The minimum atomic E-state index is -0.612. The standard InChI is InChI=1S/C15H18N4O4/c1-22-15(21)19-14-17-11-5-4-9(7-12(11)18-14)13(20)16-8-10-3-2-6-23-10/h4-5,7,10H,2-3,6,8H2,1H3,(H,16,20)(H2,17,18,19,21). The molecule has 1 aliphatic heterocycles. The Morgan fingerprint density at radius 2 is 2.35 bits per heavy atom. The summed E-state index contributed by atoms with van der Waals surface area (Å²) in [6, 6.07) is 5.10. The Balaban J connectivity index is 1.68. The SMILES string of the molecule is COC(=O)Nc1nc2ccc(C(=O)NCC3CCCO3)cc2[nH]1. The van der Waals surface area contributed by atoms with Gasteiger partial charge in [0.25, 0.3) is 5.91 Å². The molecule has 0 radical (unpaired) electrons. The molecule has 23 heavy (non-hydrogen) atoms. The number of rotatable bonds is 4. The summed E-state index contributed by atoms with van der Waals surface area (Å²) in [4.78, 5) is 30.5. The van der Waals surface area contributed by atoms with E-state index in [1.165, 1.54) is 7.11 Å². The maximum Gasteiger partial charge on any atom is 0.413 e. The van der Waals surface area contributed by atoms with Crippen molar-refractivity contribution in [2.45, 2.75) is 18.9 Å². The number of anilines is 1. The number of carbonyl (C=O) groups is 2. The summed E-state index contributed by atoms with van der Waals surface area (Å²) in [5.74, 6) is 0.100. The Morgan fingerprint density at radius 3 is 3.09 bits per heavy atom. The van der Waals surface area contributed by atoms with E-state index in [4.69, 9.17) is 4.74 Å². The molecule has 3 rings (SSSR count). The van der Waals surface area contributed by atoms with Gasteiger partial charge in [-0.2, -0.15) is 0 Å². The third-order valence-electron chi connectivity index (χ3n) is 3.66. The van der Waals surface area contributed by atoms with Crippen LogP contribution in [0.3, 0.4) is 0 Å². The number of ether oxygens (including phenoxy) is 2. The van der Waals surface area contributed by atoms with Crippen LogP contribution in [0.15, 0.2) is 18.2 Å². The maximum atomic E-state index is 12.2. The molecule has 3 N–H and O–H groups in total. The highest BCUT2D eigenvalue weighted by Crippen LogP contribution is 2.17. The highest BCUT2D eigenvalue weighted by molar-refractivity contribution is 5.97. The molecular weight excluding hydrogens is 300 g/mol. The van der Waals surface area contributed by atoms with Crippen molar-refractivity contribution >= 4 is 29.0 Å². The molecule has 2 aromatic rings. The summed E-state index contributed by atoms with van der Waals surface area (Å²) in [6.07, 6.45) is 1.50. The Bertz CT molecular complexity index is 721. The van der Waals surface area contributed by atoms with Crippen LogP contribution in [0.1, 0.15) is 23.2 Å². The van der Waals surface area contributed by atoms with E-state index in [9.17, 15) is 9.59 Å². The number of hydrogen-bond donors (Lipinski definition) is 3. The second-order valence-electron chi connectivity index (χ2n) is 5.28. The van der Waals surface area contributed by atoms with Crippen LogP contribution in [0.5, 0.6) is 0 Å². The Hall–Kier alpha value is -2.61. The van der Waals surface area contributed by atoms with Gasteiger partial charge in [-0.25, -0.2) is 9.78 Å². The number of H-pyrrole nitrogens is 1. The number of amides is 2. The number of hydrogen-bond acceptors (Lipinski definition) is 5. The number of methoxy groups -OCH3 is 1. The summed E-state index contributed by atoms with van der Waals surface area (Å²) in [5.41, 5.74) is 1.82. The van der Waals surface area contributed by atoms with Crippen molar-refractivity contribution in [1.29, 1.82) is 0 Å². The predicted octanol–water partition coefficient (Wildman–Crippen LogP) is 1.65. The van der Waals surface area contributed by atoms with Gasteiger partial charge in [-0.1, -0.05) is 0 Å². The first-order valence-electron chi connectivity index (χ1n) is 7.40. The number of aromatic amines is 1. The van der Waals surface area contributed by atoms with Gasteiger partial charge in [0.1, 0.15) is 0 Å². The van der Waals surface area contributed by atoms with Gasteiger partial charge in [0.05, 0.1) is 24.2 Å². The lowest BCUT2D eigenvalue weighted by Gasteiger charge is -2.10. The molecule has 0 saturated carbocycles. The molecule has 0 aliphatic carbocycles. The molecule has 1 aromatic carbocycles. The van der Waals surface area contributed by atoms with E-state index < -0.39 is 6.09 Å². The van der Waals surface area contributed by atoms with Gasteiger partial charge >= 0.3 is 6.09 Å². The van der Waals surface area contributed by atoms with Crippen molar-refractivity contribution in [2.24, 2.45) is 0 Å². The van der Waals surface area contributed by atoms with Crippen molar-refractivity contribution in [2.75, 3.05) is 25.6 Å². The topological polar surface area (TPSA) is 105 Å². The minimum absolute atomic E-state index is 0.102. The molecular formula is C15H18N4O4. The van der Waals surface area contributed by atoms with E-state index in [2.05, 4.69) is 25.3 Å². The van der Waals surface area contributed by atoms with E-state index in [0.29, 0.717) is 23.1 Å². The van der Waals surface area contributed by atoms with Crippen molar-refractivity contribution < 1.29 is 19.1 Å². The summed E-state index contributed by atoms with van der Waals surface area (Å²) in [7, 11) is 1.27. The van der Waals surface area contributed by atoms with Crippen LogP contribution in [0, 0.1) is 0 Å². The van der Waals surface area contributed by atoms with Crippen LogP contribution in [-0.2, 0) is 9.47 Å². The van der Waals surface area contributed by atoms with Crippen LogP contribution in [-0.4, -0.2) is 48.3 Å². The fourth-order valence-corrected chi connectivity index (χ4v) is 2.47. The van der Waals surface area contributed by atoms with Crippen LogP contribution < -0.4 is 10.6 Å². The van der Waals surface area contributed by atoms with Crippen LogP contribution in [0.2, 0.25) is 0 Å². The Kier molecular flexibility index (Phi) is 4.42. The van der Waals surface area contributed by atoms with Crippen molar-refractivity contribution in [3.05, 3.63) is 23.8 Å². The van der Waals surface area contributed by atoms with Crippen molar-refractivity contribution in [3.63, 3.8) is 0 Å². The number of benzene rings is 1. The molecule has 2 amide bonds. The lowest BCUT2D eigenvalue weighted by atomic mass is 10.2. The predicted molar refractivity (Wildman–Crippen MR) is 83.4 cm³/mol. The second kappa shape index (κ2) is 6.66. The number of aromatic nitrogens is 2. The highest BCUT2D eigenvalue weighted by atomic mass is 16.5. The lowest BCUT2D eigenvalue weighted by Crippen LogP contribution is -2.31. The molecule has 8 nitrogen and oxygen atoms in total. The van der Waals surface area contributed by atoms with E-state index in [0.717, 1.165) is 19.4 Å². The smallest absolute Gasteiger partial charge is 0.413 e. The normalized spacial score (nSPS) is 17.2. The fourth-order valence-electron chi connectivity index (χ4n) is 2.47. The fraction of sp³-hybridized carbons (Fsp3) is 0.400. The zero-order valence-corrected chi connectivity index (χ0v) is 12.7. The molecule has 1 fully saturated rings. The Morgan fingerprint density at radius 1 is 1.48 bits per heavy atom. The van der Waals surface area contributed by atoms with Crippen molar-refractivity contribution in [1.82, 2.24) is 15.3 Å². The second-order valence-corrected chi connectivity index (χ2v) is 5.28. The first kappa shape index (κ1) is 15.3. The zero-order chi connectivity index (χ0) is 16.2. The van der Waals surface area contributed by atoms with Gasteiger partial charge in [0.2, 0.25) is 5.95 Å². The first-order valence-corrected chi connectivity index (χ1v) is 7.40. The molecule has 1 aromatic heterocycles. The molecule has 0 spiro atoms. The van der Waals surface area contributed by atoms with Crippen LogP contribution in [0.25, 0.3) is 11.0 Å². The van der Waals surface area contributed by atoms with E-state index >= 15 is 0 Å². The summed E-state index contributed by atoms with van der Waals surface area (Å²) in [5, 5.41) is 5.31. The number of carbonyl (C=O) groups excluding carboxylic acids is 2. The average Bonchev–Trinajstić information content (AvgIpc) is 3.20. The zero-order valence-electron chi connectivity index (χ0n) is 12.7. The number of fused-ring (bicyclic) bond motifs is 1. The van der Waals surface area contributed by atoms with Gasteiger partial charge in [-0.05, 0) is 31.0 Å². The average molecular weight is 318 g/mol. The van der Waals surface area contributed by atoms with Gasteiger partial charge in [0, 0.05) is 18.7 Å². The van der Waals surface area contributed by atoms with Crippen LogP contribution >= 0.6 is 0 Å². The van der Waals surface area contributed by atoms with E-state index in [-0.39, 0.29) is 18.0 Å². The molecule has 1 unspecified atom stereocenters. The number of nitrogens with zero attached hydrogens (tertiary/aromatic N) is 1. The summed E-state index contributed by atoms with van der Waals surface area (Å²) >= 11 is 0. The first-order chi connectivity index (χ1) is 11.2. The van der Waals surface area contributed by atoms with E-state index in [1.807, 2.05) is 0 Å². The molecule has 8 heteroatoms. The molecule has 1 saturated heterocycles. The summed E-state index contributed by atoms with van der Waals surface area (Å²) in [6.45, 7) is 1.27. The quantitative estimate of drug-likeness (QED) is 0.795. The summed E-state index contributed by atoms with van der Waals surface area (Å²) < 4.78 is 9.98. The maximum absolute atomic E-state index is 12.2. The largest absolute Gasteiger partial charge is 0.453 e. The monoisotopic (exact) mass is 318 g/mol. The Labute approximate surface area is 132 Å². The third kappa shape index (κ3) is 3.59. The molecule has 1 atom stereocenters. The van der Waals surface area contributed by atoms with Gasteiger partial charge in [-0.15, -0.1) is 0 Å². The van der Waals surface area contributed by atoms with Gasteiger partial charge in [-0.3, -0.25) is 10.1 Å². The number of imidazole rings is 1. The van der Waals surface area contributed by atoms with Crippen molar-refractivity contribution in [3.8, 4) is 0 Å².